The summed E-state index contributed by atoms with van der Waals surface area (Å²) in [5.74, 6) is -1.21. The molecule has 0 unspecified atom stereocenters. The Morgan fingerprint density at radius 3 is 2.67 bits per heavy atom. The molecule has 1 heterocycles. The molecule has 0 atom stereocenters. The highest BCUT2D eigenvalue weighted by Crippen LogP contribution is 2.27. The number of amides is 2. The summed E-state index contributed by atoms with van der Waals surface area (Å²) in [6, 6.07) is 5.33. The van der Waals surface area contributed by atoms with Crippen molar-refractivity contribution in [2.24, 2.45) is 0 Å². The van der Waals surface area contributed by atoms with Crippen molar-refractivity contribution in [1.29, 1.82) is 0 Å². The third-order valence-corrected chi connectivity index (χ3v) is 3.41. The van der Waals surface area contributed by atoms with E-state index in [1.54, 1.807) is 17.0 Å². The molecule has 1 aliphatic heterocycles. The van der Waals surface area contributed by atoms with Gasteiger partial charge in [-0.25, -0.2) is 0 Å². The third kappa shape index (κ3) is 3.81. The SMILES string of the molecule is Cc1cc(NC(=O)CCC(=O)O)ccc1N1CCCC1=O. The number of carbonyl (C=O) groups is 3. The van der Waals surface area contributed by atoms with E-state index in [4.69, 9.17) is 5.11 Å². The van der Waals surface area contributed by atoms with Gasteiger partial charge >= 0.3 is 5.97 Å². The van der Waals surface area contributed by atoms with Gasteiger partial charge in [0.05, 0.1) is 6.42 Å². The van der Waals surface area contributed by atoms with E-state index in [2.05, 4.69) is 5.32 Å². The first kappa shape index (κ1) is 15.0. The van der Waals surface area contributed by atoms with E-state index in [9.17, 15) is 14.4 Å². The fourth-order valence-corrected chi connectivity index (χ4v) is 2.38. The number of carbonyl (C=O) groups excluding carboxylic acids is 2. The van der Waals surface area contributed by atoms with Gasteiger partial charge in [-0.2, -0.15) is 0 Å². The number of carboxylic acid groups (broad SMARTS) is 1. The number of nitrogens with one attached hydrogen (secondary N) is 1. The molecule has 2 rings (SSSR count). The number of anilines is 2. The van der Waals surface area contributed by atoms with Gasteiger partial charge in [-0.15, -0.1) is 0 Å². The van der Waals surface area contributed by atoms with E-state index < -0.39 is 5.97 Å². The number of nitrogens with zero attached hydrogens (tertiary/aromatic N) is 1. The maximum Gasteiger partial charge on any atom is 0.303 e. The largest absolute Gasteiger partial charge is 0.481 e. The van der Waals surface area contributed by atoms with Gasteiger partial charge < -0.3 is 15.3 Å². The number of benzene rings is 1. The molecular weight excluding hydrogens is 272 g/mol. The first-order chi connectivity index (χ1) is 9.97. The number of aliphatic carboxylic acids is 1. The minimum atomic E-state index is -0.996. The van der Waals surface area contributed by atoms with Crippen LogP contribution in [0.2, 0.25) is 0 Å². The maximum absolute atomic E-state index is 11.7. The standard InChI is InChI=1S/C15H18N2O4/c1-10-9-11(16-13(18)6-7-15(20)21)4-5-12(10)17-8-2-3-14(17)19/h4-5,9H,2-3,6-8H2,1H3,(H,16,18)(H,20,21). The molecule has 1 aromatic rings. The first-order valence-electron chi connectivity index (χ1n) is 6.90. The lowest BCUT2D eigenvalue weighted by molar-refractivity contribution is -0.138. The van der Waals surface area contributed by atoms with Crippen LogP contribution < -0.4 is 10.2 Å². The molecule has 1 aliphatic rings. The summed E-state index contributed by atoms with van der Waals surface area (Å²) in [6.07, 6.45) is 1.20. The van der Waals surface area contributed by atoms with Gasteiger partial charge in [-0.3, -0.25) is 14.4 Å². The van der Waals surface area contributed by atoms with Gasteiger partial charge in [0.1, 0.15) is 0 Å². The average molecular weight is 290 g/mol. The van der Waals surface area contributed by atoms with Gasteiger partial charge in [0.15, 0.2) is 0 Å². The topological polar surface area (TPSA) is 86.7 Å². The second-order valence-corrected chi connectivity index (χ2v) is 5.09. The summed E-state index contributed by atoms with van der Waals surface area (Å²) < 4.78 is 0. The molecule has 6 nitrogen and oxygen atoms in total. The highest BCUT2D eigenvalue weighted by atomic mass is 16.4. The zero-order chi connectivity index (χ0) is 15.4. The summed E-state index contributed by atoms with van der Waals surface area (Å²) in [5, 5.41) is 11.2. The lowest BCUT2D eigenvalue weighted by Crippen LogP contribution is -2.24. The summed E-state index contributed by atoms with van der Waals surface area (Å²) in [5.41, 5.74) is 2.38. The molecule has 2 N–H and O–H groups in total. The molecule has 1 fully saturated rings. The highest BCUT2D eigenvalue weighted by molar-refractivity contribution is 5.97. The Labute approximate surface area is 122 Å². The molecule has 21 heavy (non-hydrogen) atoms. The summed E-state index contributed by atoms with van der Waals surface area (Å²) >= 11 is 0. The van der Waals surface area contributed by atoms with Crippen LogP contribution in [0.5, 0.6) is 0 Å². The molecule has 0 aliphatic carbocycles. The van der Waals surface area contributed by atoms with Crippen molar-refractivity contribution < 1.29 is 19.5 Å². The van der Waals surface area contributed by atoms with Crippen molar-refractivity contribution in [3.63, 3.8) is 0 Å². The fourth-order valence-electron chi connectivity index (χ4n) is 2.38. The van der Waals surface area contributed by atoms with E-state index in [-0.39, 0.29) is 24.7 Å². The van der Waals surface area contributed by atoms with E-state index in [0.29, 0.717) is 12.1 Å². The van der Waals surface area contributed by atoms with Crippen molar-refractivity contribution >= 4 is 29.2 Å². The number of aryl methyl sites for hydroxylation is 1. The normalized spacial score (nSPS) is 14.3. The quantitative estimate of drug-likeness (QED) is 0.867. The van der Waals surface area contributed by atoms with E-state index in [0.717, 1.165) is 24.2 Å². The van der Waals surface area contributed by atoms with Crippen LogP contribution in [-0.2, 0) is 14.4 Å². The minimum Gasteiger partial charge on any atom is -0.481 e. The Balaban J connectivity index is 2.03. The van der Waals surface area contributed by atoms with Crippen molar-refractivity contribution in [3.8, 4) is 0 Å². The summed E-state index contributed by atoms with van der Waals surface area (Å²) in [6.45, 7) is 2.61. The smallest absolute Gasteiger partial charge is 0.303 e. The fraction of sp³-hybridized carbons (Fsp3) is 0.400. The van der Waals surface area contributed by atoms with Crippen LogP contribution >= 0.6 is 0 Å². The number of hydrogen-bond donors (Lipinski definition) is 2. The van der Waals surface area contributed by atoms with Gasteiger partial charge in [0, 0.05) is 30.8 Å². The molecule has 0 spiro atoms. The summed E-state index contributed by atoms with van der Waals surface area (Å²) in [4.78, 5) is 35.5. The molecule has 112 valence electrons. The van der Waals surface area contributed by atoms with Crippen LogP contribution in [0, 0.1) is 6.92 Å². The highest BCUT2D eigenvalue weighted by Gasteiger charge is 2.22. The summed E-state index contributed by atoms with van der Waals surface area (Å²) in [7, 11) is 0. The van der Waals surface area contributed by atoms with Crippen LogP contribution in [0.3, 0.4) is 0 Å². The van der Waals surface area contributed by atoms with Crippen LogP contribution in [-0.4, -0.2) is 29.4 Å². The van der Waals surface area contributed by atoms with Gasteiger partial charge in [-0.05, 0) is 37.1 Å². The van der Waals surface area contributed by atoms with Gasteiger partial charge in [0.25, 0.3) is 0 Å². The second-order valence-electron chi connectivity index (χ2n) is 5.09. The van der Waals surface area contributed by atoms with Gasteiger partial charge in [-0.1, -0.05) is 0 Å². The minimum absolute atomic E-state index is 0.0548. The molecule has 0 radical (unpaired) electrons. The van der Waals surface area contributed by atoms with Crippen molar-refractivity contribution in [2.75, 3.05) is 16.8 Å². The molecule has 0 aromatic heterocycles. The molecular formula is C15H18N2O4. The lowest BCUT2D eigenvalue weighted by atomic mass is 10.1. The Morgan fingerprint density at radius 2 is 2.10 bits per heavy atom. The number of carboxylic acids is 1. The Morgan fingerprint density at radius 1 is 1.33 bits per heavy atom. The van der Waals surface area contributed by atoms with Crippen LogP contribution in [0.4, 0.5) is 11.4 Å². The Bertz CT molecular complexity index is 583. The number of rotatable bonds is 5. The van der Waals surface area contributed by atoms with E-state index in [1.807, 2.05) is 13.0 Å². The van der Waals surface area contributed by atoms with Crippen molar-refractivity contribution in [3.05, 3.63) is 23.8 Å². The zero-order valence-corrected chi connectivity index (χ0v) is 11.9. The molecule has 1 saturated heterocycles. The molecule has 6 heteroatoms. The van der Waals surface area contributed by atoms with Gasteiger partial charge in [0.2, 0.25) is 11.8 Å². The molecule has 0 bridgehead atoms. The average Bonchev–Trinajstić information content (AvgIpc) is 2.83. The number of hydrogen-bond acceptors (Lipinski definition) is 3. The second kappa shape index (κ2) is 6.39. The van der Waals surface area contributed by atoms with Crippen LogP contribution in [0.1, 0.15) is 31.2 Å². The van der Waals surface area contributed by atoms with Crippen molar-refractivity contribution in [2.45, 2.75) is 32.6 Å². The van der Waals surface area contributed by atoms with Crippen LogP contribution in [0.15, 0.2) is 18.2 Å². The molecule has 1 aromatic carbocycles. The van der Waals surface area contributed by atoms with Crippen LogP contribution in [0.25, 0.3) is 0 Å². The molecule has 2 amide bonds. The zero-order valence-electron chi connectivity index (χ0n) is 11.9. The maximum atomic E-state index is 11.7. The lowest BCUT2D eigenvalue weighted by Gasteiger charge is -2.19. The monoisotopic (exact) mass is 290 g/mol. The van der Waals surface area contributed by atoms with Crippen molar-refractivity contribution in [1.82, 2.24) is 0 Å². The van der Waals surface area contributed by atoms with E-state index in [1.165, 1.54) is 0 Å². The molecule has 0 saturated carbocycles. The Hall–Kier alpha value is -2.37. The van der Waals surface area contributed by atoms with E-state index >= 15 is 0 Å². The predicted octanol–water partition coefficient (Wildman–Crippen LogP) is 1.93. The first-order valence-corrected chi connectivity index (χ1v) is 6.90. The predicted molar refractivity (Wildman–Crippen MR) is 78.3 cm³/mol. The Kier molecular flexibility index (Phi) is 4.57. The third-order valence-electron chi connectivity index (χ3n) is 3.41.